The normalized spacial score (nSPS) is 26.1. The maximum Gasteiger partial charge on any atom is 0.164 e. The van der Waals surface area contributed by atoms with Crippen LogP contribution in [-0.2, 0) is 20.8 Å². The Morgan fingerprint density at radius 2 is 1.95 bits per heavy atom. The molecule has 0 unspecified atom stereocenters. The molecule has 104 valence electrons. The van der Waals surface area contributed by atoms with Gasteiger partial charge in [0.15, 0.2) is 5.79 Å². The molecule has 1 aliphatic rings. The van der Waals surface area contributed by atoms with Gasteiger partial charge in [0.1, 0.15) is 12.2 Å². The highest BCUT2D eigenvalue weighted by Gasteiger charge is 2.39. The number of hydrogen-bond acceptors (Lipinski definition) is 3. The van der Waals surface area contributed by atoms with E-state index >= 15 is 0 Å². The lowest BCUT2D eigenvalue weighted by atomic mass is 10.2. The van der Waals surface area contributed by atoms with Crippen LogP contribution in [0, 0.1) is 0 Å². The molecule has 0 saturated carbocycles. The average molecular weight is 262 g/mol. The van der Waals surface area contributed by atoms with Crippen molar-refractivity contribution in [2.45, 2.75) is 45.4 Å². The molecule has 0 amide bonds. The van der Waals surface area contributed by atoms with Crippen molar-refractivity contribution >= 4 is 0 Å². The standard InChI is InChI=1S/C16H22O3/c1-4-8-14-15(19-16(2,3)18-14)12-17-11-13-9-6-5-7-10-13/h4-10,14-15H,11-12H2,1-3H3/b8-4+/t14-,15-/m0/s1. The molecule has 0 aliphatic carbocycles. The zero-order chi connectivity index (χ0) is 13.7. The van der Waals surface area contributed by atoms with E-state index in [9.17, 15) is 0 Å². The van der Waals surface area contributed by atoms with Crippen LogP contribution in [0.1, 0.15) is 26.3 Å². The number of allylic oxidation sites excluding steroid dienone is 1. The van der Waals surface area contributed by atoms with Crippen molar-refractivity contribution in [1.82, 2.24) is 0 Å². The molecule has 2 atom stereocenters. The molecule has 1 aromatic rings. The first-order valence-electron chi connectivity index (χ1n) is 6.71. The van der Waals surface area contributed by atoms with Crippen LogP contribution in [0.5, 0.6) is 0 Å². The van der Waals surface area contributed by atoms with Crippen LogP contribution < -0.4 is 0 Å². The van der Waals surface area contributed by atoms with E-state index < -0.39 is 5.79 Å². The molecule has 0 aromatic heterocycles. The Labute approximate surface area is 115 Å². The first-order valence-corrected chi connectivity index (χ1v) is 6.71. The average Bonchev–Trinajstić information content (AvgIpc) is 2.66. The molecule has 3 heteroatoms. The van der Waals surface area contributed by atoms with E-state index in [0.717, 1.165) is 0 Å². The monoisotopic (exact) mass is 262 g/mol. The molecule has 0 bridgehead atoms. The van der Waals surface area contributed by atoms with Gasteiger partial charge in [-0.05, 0) is 26.3 Å². The molecule has 0 spiro atoms. The van der Waals surface area contributed by atoms with Crippen LogP contribution in [-0.4, -0.2) is 24.6 Å². The van der Waals surface area contributed by atoms with Crippen molar-refractivity contribution in [3.8, 4) is 0 Å². The first-order chi connectivity index (χ1) is 9.11. The summed E-state index contributed by atoms with van der Waals surface area (Å²) in [5, 5.41) is 0. The van der Waals surface area contributed by atoms with Gasteiger partial charge in [0.05, 0.1) is 13.2 Å². The lowest BCUT2D eigenvalue weighted by molar-refractivity contribution is -0.148. The highest BCUT2D eigenvalue weighted by Crippen LogP contribution is 2.29. The van der Waals surface area contributed by atoms with Gasteiger partial charge in [-0.3, -0.25) is 0 Å². The topological polar surface area (TPSA) is 27.7 Å². The summed E-state index contributed by atoms with van der Waals surface area (Å²) in [5.41, 5.74) is 1.17. The summed E-state index contributed by atoms with van der Waals surface area (Å²) in [6, 6.07) is 10.1. The fourth-order valence-electron chi connectivity index (χ4n) is 2.21. The third kappa shape index (κ3) is 4.16. The Balaban J connectivity index is 1.84. The first kappa shape index (κ1) is 14.3. The quantitative estimate of drug-likeness (QED) is 0.762. The maximum atomic E-state index is 5.85. The molecule has 2 rings (SSSR count). The van der Waals surface area contributed by atoms with Crippen molar-refractivity contribution < 1.29 is 14.2 Å². The van der Waals surface area contributed by atoms with Crippen molar-refractivity contribution in [2.75, 3.05) is 6.61 Å². The lowest BCUT2D eigenvalue weighted by Gasteiger charge is -2.16. The van der Waals surface area contributed by atoms with Crippen LogP contribution in [0.4, 0.5) is 0 Å². The molecule has 1 aliphatic heterocycles. The van der Waals surface area contributed by atoms with Crippen molar-refractivity contribution in [3.05, 3.63) is 48.0 Å². The molecule has 3 nitrogen and oxygen atoms in total. The largest absolute Gasteiger partial charge is 0.374 e. The number of benzene rings is 1. The summed E-state index contributed by atoms with van der Waals surface area (Å²) in [6.45, 7) is 6.98. The third-order valence-electron chi connectivity index (χ3n) is 3.00. The number of ether oxygens (including phenoxy) is 3. The van der Waals surface area contributed by atoms with Crippen LogP contribution in [0.25, 0.3) is 0 Å². The van der Waals surface area contributed by atoms with Gasteiger partial charge in [0.25, 0.3) is 0 Å². The lowest BCUT2D eigenvalue weighted by Crippen LogP contribution is -2.26. The Morgan fingerprint density at radius 1 is 1.21 bits per heavy atom. The fourth-order valence-corrected chi connectivity index (χ4v) is 2.21. The van der Waals surface area contributed by atoms with E-state index in [4.69, 9.17) is 14.2 Å². The number of hydrogen-bond donors (Lipinski definition) is 0. The second kappa shape index (κ2) is 6.33. The number of rotatable bonds is 5. The molecule has 0 radical (unpaired) electrons. The molecule has 1 heterocycles. The van der Waals surface area contributed by atoms with Crippen molar-refractivity contribution in [1.29, 1.82) is 0 Å². The predicted octanol–water partition coefficient (Wildman–Crippen LogP) is 3.30. The van der Waals surface area contributed by atoms with Crippen LogP contribution in [0.15, 0.2) is 42.5 Å². The zero-order valence-corrected chi connectivity index (χ0v) is 11.8. The molecule has 1 aromatic carbocycles. The van der Waals surface area contributed by atoms with Crippen LogP contribution in [0.2, 0.25) is 0 Å². The van der Waals surface area contributed by atoms with E-state index in [2.05, 4.69) is 12.1 Å². The molecular formula is C16H22O3. The molecule has 1 fully saturated rings. The van der Waals surface area contributed by atoms with Crippen molar-refractivity contribution in [2.24, 2.45) is 0 Å². The SMILES string of the molecule is C/C=C/[C@@H]1OC(C)(C)O[C@H]1COCc1ccccc1. The molecule has 0 N–H and O–H groups in total. The van der Waals surface area contributed by atoms with Crippen molar-refractivity contribution in [3.63, 3.8) is 0 Å². The fraction of sp³-hybridized carbons (Fsp3) is 0.500. The highest BCUT2D eigenvalue weighted by molar-refractivity contribution is 5.13. The predicted molar refractivity (Wildman–Crippen MR) is 74.7 cm³/mol. The second-order valence-electron chi connectivity index (χ2n) is 5.17. The third-order valence-corrected chi connectivity index (χ3v) is 3.00. The van der Waals surface area contributed by atoms with Crippen LogP contribution >= 0.6 is 0 Å². The summed E-state index contributed by atoms with van der Waals surface area (Å²) in [4.78, 5) is 0. The van der Waals surface area contributed by atoms with E-state index in [-0.39, 0.29) is 12.2 Å². The van der Waals surface area contributed by atoms with Gasteiger partial charge < -0.3 is 14.2 Å². The van der Waals surface area contributed by atoms with Gasteiger partial charge in [-0.2, -0.15) is 0 Å². The van der Waals surface area contributed by atoms with Gasteiger partial charge in [-0.15, -0.1) is 0 Å². The summed E-state index contributed by atoms with van der Waals surface area (Å²) in [5.74, 6) is -0.537. The highest BCUT2D eigenvalue weighted by atomic mass is 16.8. The minimum absolute atomic E-state index is 0.0317. The molecule has 19 heavy (non-hydrogen) atoms. The Bertz CT molecular complexity index is 411. The second-order valence-corrected chi connectivity index (χ2v) is 5.17. The van der Waals surface area contributed by atoms with Gasteiger partial charge in [-0.1, -0.05) is 42.5 Å². The minimum atomic E-state index is -0.537. The van der Waals surface area contributed by atoms with Gasteiger partial charge >= 0.3 is 0 Å². The summed E-state index contributed by atoms with van der Waals surface area (Å²) in [7, 11) is 0. The molecule has 1 saturated heterocycles. The van der Waals surface area contributed by atoms with Gasteiger partial charge in [-0.25, -0.2) is 0 Å². The summed E-state index contributed by atoms with van der Waals surface area (Å²) in [6.07, 6.45) is 3.93. The van der Waals surface area contributed by atoms with Gasteiger partial charge in [0.2, 0.25) is 0 Å². The van der Waals surface area contributed by atoms with E-state index in [1.807, 2.05) is 51.1 Å². The van der Waals surface area contributed by atoms with E-state index in [1.54, 1.807) is 0 Å². The molecular weight excluding hydrogens is 240 g/mol. The van der Waals surface area contributed by atoms with E-state index in [0.29, 0.717) is 13.2 Å². The minimum Gasteiger partial charge on any atom is -0.374 e. The smallest absolute Gasteiger partial charge is 0.164 e. The summed E-state index contributed by atoms with van der Waals surface area (Å²) >= 11 is 0. The van der Waals surface area contributed by atoms with Gasteiger partial charge in [0, 0.05) is 0 Å². The van der Waals surface area contributed by atoms with Crippen LogP contribution in [0.3, 0.4) is 0 Å². The maximum absolute atomic E-state index is 5.85. The Kier molecular flexibility index (Phi) is 4.75. The summed E-state index contributed by atoms with van der Waals surface area (Å²) < 4.78 is 17.4. The Morgan fingerprint density at radius 3 is 2.63 bits per heavy atom. The Hall–Kier alpha value is -1.16. The zero-order valence-electron chi connectivity index (χ0n) is 11.8. The van der Waals surface area contributed by atoms with E-state index in [1.165, 1.54) is 5.56 Å².